The Kier molecular flexibility index (Phi) is 6.87. The Morgan fingerprint density at radius 3 is 2.38 bits per heavy atom. The highest BCUT2D eigenvalue weighted by Gasteiger charge is 2.16. The molecule has 32 heavy (non-hydrogen) atoms. The molecule has 0 aliphatic rings. The zero-order valence-electron chi connectivity index (χ0n) is 18.0. The van der Waals surface area contributed by atoms with Gasteiger partial charge in [-0.05, 0) is 48.9 Å². The van der Waals surface area contributed by atoms with Gasteiger partial charge in [0, 0.05) is 11.3 Å². The third kappa shape index (κ3) is 5.36. The number of hydrogen-bond donors (Lipinski definition) is 1. The van der Waals surface area contributed by atoms with E-state index in [1.807, 2.05) is 78.2 Å². The topological polar surface area (TPSA) is 69.0 Å². The summed E-state index contributed by atoms with van der Waals surface area (Å²) in [6.07, 6.45) is 0. The highest BCUT2D eigenvalue weighted by atomic mass is 32.2. The minimum Gasteiger partial charge on any atom is -0.497 e. The van der Waals surface area contributed by atoms with E-state index in [0.29, 0.717) is 11.7 Å². The van der Waals surface area contributed by atoms with Crippen LogP contribution in [0, 0.1) is 6.92 Å². The van der Waals surface area contributed by atoms with E-state index in [9.17, 15) is 4.79 Å². The number of rotatable bonds is 8. The van der Waals surface area contributed by atoms with Crippen LogP contribution in [0.25, 0.3) is 11.4 Å². The second-order valence-corrected chi connectivity index (χ2v) is 8.25. The lowest BCUT2D eigenvalue weighted by molar-refractivity contribution is -0.113. The van der Waals surface area contributed by atoms with Crippen LogP contribution in [0.15, 0.2) is 84.0 Å². The molecule has 6 nitrogen and oxygen atoms in total. The van der Waals surface area contributed by atoms with Crippen LogP contribution in [0.2, 0.25) is 0 Å². The molecule has 0 aliphatic carbocycles. The van der Waals surface area contributed by atoms with Crippen molar-refractivity contribution in [3.8, 4) is 17.1 Å². The van der Waals surface area contributed by atoms with Crippen molar-refractivity contribution in [2.45, 2.75) is 18.6 Å². The Morgan fingerprint density at radius 1 is 0.969 bits per heavy atom. The monoisotopic (exact) mass is 444 g/mol. The van der Waals surface area contributed by atoms with Crippen molar-refractivity contribution in [3.63, 3.8) is 0 Å². The second-order valence-electron chi connectivity index (χ2n) is 7.31. The summed E-state index contributed by atoms with van der Waals surface area (Å²) in [5, 5.41) is 12.4. The number of anilines is 1. The van der Waals surface area contributed by atoms with E-state index in [-0.39, 0.29) is 11.7 Å². The van der Waals surface area contributed by atoms with E-state index >= 15 is 0 Å². The van der Waals surface area contributed by atoms with E-state index in [1.54, 1.807) is 7.11 Å². The summed E-state index contributed by atoms with van der Waals surface area (Å²) in [5.41, 5.74) is 4.00. The van der Waals surface area contributed by atoms with E-state index in [2.05, 4.69) is 27.6 Å². The molecule has 1 N–H and O–H groups in total. The highest BCUT2D eigenvalue weighted by Crippen LogP contribution is 2.27. The normalized spacial score (nSPS) is 10.7. The summed E-state index contributed by atoms with van der Waals surface area (Å²) >= 11 is 1.37. The van der Waals surface area contributed by atoms with Crippen molar-refractivity contribution in [1.82, 2.24) is 14.8 Å². The van der Waals surface area contributed by atoms with Crippen molar-refractivity contribution < 1.29 is 9.53 Å². The van der Waals surface area contributed by atoms with Crippen LogP contribution < -0.4 is 10.1 Å². The van der Waals surface area contributed by atoms with Crippen LogP contribution >= 0.6 is 11.8 Å². The number of benzene rings is 3. The number of aromatic nitrogens is 3. The number of amides is 1. The molecule has 162 valence electrons. The van der Waals surface area contributed by atoms with Gasteiger partial charge < -0.3 is 10.1 Å². The van der Waals surface area contributed by atoms with Gasteiger partial charge in [-0.2, -0.15) is 0 Å². The SMILES string of the molecule is COc1ccc(-c2nnc(SCC(=O)Nc3ccc(C)cc3)n2Cc2ccccc2)cc1. The van der Waals surface area contributed by atoms with Gasteiger partial charge in [0.15, 0.2) is 11.0 Å². The number of ether oxygens (including phenoxy) is 1. The van der Waals surface area contributed by atoms with E-state index in [0.717, 1.165) is 34.0 Å². The lowest BCUT2D eigenvalue weighted by Gasteiger charge is -2.11. The summed E-state index contributed by atoms with van der Waals surface area (Å²) in [5.74, 6) is 1.69. The molecule has 7 heteroatoms. The smallest absolute Gasteiger partial charge is 0.234 e. The van der Waals surface area contributed by atoms with Crippen LogP contribution in [0.4, 0.5) is 5.69 Å². The zero-order valence-corrected chi connectivity index (χ0v) is 18.8. The van der Waals surface area contributed by atoms with Crippen molar-refractivity contribution in [2.75, 3.05) is 18.2 Å². The summed E-state index contributed by atoms with van der Waals surface area (Å²) in [6, 6.07) is 25.6. The molecule has 0 atom stereocenters. The third-order valence-corrected chi connectivity index (χ3v) is 5.88. The van der Waals surface area contributed by atoms with Crippen LogP contribution in [-0.2, 0) is 11.3 Å². The molecule has 0 unspecified atom stereocenters. The predicted octanol–water partition coefficient (Wildman–Crippen LogP) is 5.04. The second kappa shape index (κ2) is 10.2. The van der Waals surface area contributed by atoms with Gasteiger partial charge in [-0.1, -0.05) is 59.8 Å². The molecule has 0 radical (unpaired) electrons. The molecular formula is C25H24N4O2S. The average Bonchev–Trinajstić information content (AvgIpc) is 3.22. The fraction of sp³-hybridized carbons (Fsp3) is 0.160. The Balaban J connectivity index is 1.54. The Morgan fingerprint density at radius 2 is 1.69 bits per heavy atom. The zero-order chi connectivity index (χ0) is 22.3. The van der Waals surface area contributed by atoms with Crippen LogP contribution in [-0.4, -0.2) is 33.5 Å². The molecule has 4 aromatic rings. The maximum atomic E-state index is 12.5. The van der Waals surface area contributed by atoms with Gasteiger partial charge in [0.1, 0.15) is 5.75 Å². The summed E-state index contributed by atoms with van der Waals surface area (Å²) < 4.78 is 7.31. The number of nitrogens with zero attached hydrogens (tertiary/aromatic N) is 3. The number of carbonyl (C=O) groups is 1. The van der Waals surface area contributed by atoms with Gasteiger partial charge in [-0.15, -0.1) is 10.2 Å². The summed E-state index contributed by atoms with van der Waals surface area (Å²) in [6.45, 7) is 2.62. The van der Waals surface area contributed by atoms with Crippen LogP contribution in [0.1, 0.15) is 11.1 Å². The molecule has 0 bridgehead atoms. The standard InChI is InChI=1S/C25H24N4O2S/c1-18-8-12-21(13-9-18)26-23(30)17-32-25-28-27-24(20-10-14-22(31-2)15-11-20)29(25)16-19-6-4-3-5-7-19/h3-15H,16-17H2,1-2H3,(H,26,30). The van der Waals surface area contributed by atoms with Gasteiger partial charge in [0.05, 0.1) is 19.4 Å². The van der Waals surface area contributed by atoms with Gasteiger partial charge in [-0.25, -0.2) is 0 Å². The number of hydrogen-bond acceptors (Lipinski definition) is 5. The van der Waals surface area contributed by atoms with Gasteiger partial charge in [0.2, 0.25) is 5.91 Å². The highest BCUT2D eigenvalue weighted by molar-refractivity contribution is 7.99. The first-order chi connectivity index (χ1) is 15.6. The molecule has 3 aromatic carbocycles. The van der Waals surface area contributed by atoms with Gasteiger partial charge >= 0.3 is 0 Å². The number of methoxy groups -OCH3 is 1. The molecule has 1 aromatic heterocycles. The maximum absolute atomic E-state index is 12.5. The number of thioether (sulfide) groups is 1. The molecule has 1 heterocycles. The fourth-order valence-corrected chi connectivity index (χ4v) is 3.96. The van der Waals surface area contributed by atoms with E-state index in [4.69, 9.17) is 4.74 Å². The van der Waals surface area contributed by atoms with Crippen molar-refractivity contribution in [2.24, 2.45) is 0 Å². The average molecular weight is 445 g/mol. The fourth-order valence-electron chi connectivity index (χ4n) is 3.22. The van der Waals surface area contributed by atoms with Crippen LogP contribution in [0.5, 0.6) is 5.75 Å². The largest absolute Gasteiger partial charge is 0.497 e. The van der Waals surface area contributed by atoms with Crippen molar-refractivity contribution in [3.05, 3.63) is 90.0 Å². The quantitative estimate of drug-likeness (QED) is 0.386. The molecule has 0 spiro atoms. The van der Waals surface area contributed by atoms with Gasteiger partial charge in [-0.3, -0.25) is 9.36 Å². The number of carbonyl (C=O) groups excluding carboxylic acids is 1. The van der Waals surface area contributed by atoms with Crippen molar-refractivity contribution in [1.29, 1.82) is 0 Å². The van der Waals surface area contributed by atoms with Crippen LogP contribution in [0.3, 0.4) is 0 Å². The first kappa shape index (κ1) is 21.6. The summed E-state index contributed by atoms with van der Waals surface area (Å²) in [7, 11) is 1.64. The predicted molar refractivity (Wildman–Crippen MR) is 128 cm³/mol. The number of aryl methyl sites for hydroxylation is 1. The Hall–Kier alpha value is -3.58. The molecule has 0 saturated heterocycles. The Bertz CT molecular complexity index is 1170. The minimum atomic E-state index is -0.0842. The van der Waals surface area contributed by atoms with E-state index < -0.39 is 0 Å². The molecule has 0 aliphatic heterocycles. The minimum absolute atomic E-state index is 0.0842. The molecular weight excluding hydrogens is 420 g/mol. The summed E-state index contributed by atoms with van der Waals surface area (Å²) in [4.78, 5) is 12.5. The molecule has 4 rings (SSSR count). The lowest BCUT2D eigenvalue weighted by atomic mass is 10.2. The van der Waals surface area contributed by atoms with Gasteiger partial charge in [0.25, 0.3) is 0 Å². The molecule has 0 fully saturated rings. The third-order valence-electron chi connectivity index (χ3n) is 4.92. The molecule has 1 amide bonds. The molecule has 0 saturated carbocycles. The van der Waals surface area contributed by atoms with Crippen molar-refractivity contribution >= 4 is 23.4 Å². The Labute approximate surface area is 191 Å². The lowest BCUT2D eigenvalue weighted by Crippen LogP contribution is -2.14. The first-order valence-electron chi connectivity index (χ1n) is 10.2. The van der Waals surface area contributed by atoms with E-state index in [1.165, 1.54) is 11.8 Å². The first-order valence-corrected chi connectivity index (χ1v) is 11.2. The number of nitrogens with one attached hydrogen (secondary N) is 1. The maximum Gasteiger partial charge on any atom is 0.234 e.